The fourth-order valence-electron chi connectivity index (χ4n) is 3.99. The maximum absolute atomic E-state index is 12.2. The molecular formula is C20H27N5O3. The number of hydrogen-bond acceptors (Lipinski definition) is 6. The normalized spacial score (nSPS) is 21.3. The molecule has 1 unspecified atom stereocenters. The van der Waals surface area contributed by atoms with E-state index in [1.165, 1.54) is 4.57 Å². The van der Waals surface area contributed by atoms with Gasteiger partial charge < -0.3 is 19.1 Å². The monoisotopic (exact) mass is 385 g/mol. The molecule has 1 aromatic heterocycles. The molecule has 4 rings (SSSR count). The van der Waals surface area contributed by atoms with Crippen LogP contribution in [0, 0.1) is 0 Å². The molecular weight excluding hydrogens is 358 g/mol. The molecule has 1 atom stereocenters. The highest BCUT2D eigenvalue weighted by Crippen LogP contribution is 2.20. The Bertz CT molecular complexity index is 920. The van der Waals surface area contributed by atoms with Crippen molar-refractivity contribution < 1.29 is 9.53 Å². The number of nitrogens with zero attached hydrogens (tertiary/aromatic N) is 5. The summed E-state index contributed by atoms with van der Waals surface area (Å²) in [5, 5.41) is 0.650. The number of anilines is 1. The fraction of sp³-hybridized carbons (Fsp3) is 0.550. The molecule has 1 amide bonds. The lowest BCUT2D eigenvalue weighted by Gasteiger charge is -2.39. The van der Waals surface area contributed by atoms with Crippen molar-refractivity contribution in [3.63, 3.8) is 0 Å². The van der Waals surface area contributed by atoms with Crippen molar-refractivity contribution in [2.24, 2.45) is 7.05 Å². The molecule has 0 radical (unpaired) electrons. The van der Waals surface area contributed by atoms with Crippen molar-refractivity contribution in [3.05, 3.63) is 34.9 Å². The molecule has 2 saturated heterocycles. The number of piperazine rings is 1. The Morgan fingerprint density at radius 3 is 2.75 bits per heavy atom. The summed E-state index contributed by atoms with van der Waals surface area (Å²) in [5.74, 6) is 0.123. The van der Waals surface area contributed by atoms with E-state index in [0.29, 0.717) is 25.1 Å². The number of morpholine rings is 1. The van der Waals surface area contributed by atoms with Crippen LogP contribution in [0.1, 0.15) is 6.92 Å². The largest absolute Gasteiger partial charge is 0.373 e. The lowest BCUT2D eigenvalue weighted by molar-refractivity contribution is -0.137. The molecule has 2 aromatic rings. The second-order valence-corrected chi connectivity index (χ2v) is 7.61. The molecule has 0 aliphatic carbocycles. The SMILES string of the molecule is CC(=O)N1CCOC(CN2CCN(c3ccc4c(=O)n(C)cnc4c3)CC2)C1. The molecule has 0 saturated carbocycles. The summed E-state index contributed by atoms with van der Waals surface area (Å²) in [6.07, 6.45) is 1.66. The number of carbonyl (C=O) groups excluding carboxylic acids is 1. The van der Waals surface area contributed by atoms with Crippen LogP contribution in [0.15, 0.2) is 29.3 Å². The van der Waals surface area contributed by atoms with Crippen LogP contribution in [0.2, 0.25) is 0 Å². The highest BCUT2D eigenvalue weighted by atomic mass is 16.5. The summed E-state index contributed by atoms with van der Waals surface area (Å²) in [6, 6.07) is 5.88. The third-order valence-corrected chi connectivity index (χ3v) is 5.69. The van der Waals surface area contributed by atoms with Gasteiger partial charge in [-0.05, 0) is 18.2 Å². The summed E-state index contributed by atoms with van der Waals surface area (Å²) in [7, 11) is 1.72. The van der Waals surface area contributed by atoms with Gasteiger partial charge >= 0.3 is 0 Å². The van der Waals surface area contributed by atoms with Gasteiger partial charge in [-0.2, -0.15) is 0 Å². The highest BCUT2D eigenvalue weighted by molar-refractivity contribution is 5.81. The molecule has 0 bridgehead atoms. The van der Waals surface area contributed by atoms with Crippen molar-refractivity contribution in [1.29, 1.82) is 0 Å². The fourth-order valence-corrected chi connectivity index (χ4v) is 3.99. The van der Waals surface area contributed by atoms with E-state index in [4.69, 9.17) is 4.74 Å². The third kappa shape index (κ3) is 3.88. The van der Waals surface area contributed by atoms with E-state index in [1.54, 1.807) is 20.3 Å². The molecule has 1 aromatic carbocycles. The minimum Gasteiger partial charge on any atom is -0.373 e. The second kappa shape index (κ2) is 7.89. The topological polar surface area (TPSA) is 70.9 Å². The van der Waals surface area contributed by atoms with Gasteiger partial charge in [0.2, 0.25) is 5.91 Å². The van der Waals surface area contributed by atoms with Crippen LogP contribution in [0.3, 0.4) is 0 Å². The van der Waals surface area contributed by atoms with E-state index >= 15 is 0 Å². The Hall–Kier alpha value is -2.45. The van der Waals surface area contributed by atoms with Crippen LogP contribution >= 0.6 is 0 Å². The highest BCUT2D eigenvalue weighted by Gasteiger charge is 2.26. The second-order valence-electron chi connectivity index (χ2n) is 7.61. The van der Waals surface area contributed by atoms with Gasteiger partial charge in [0.25, 0.3) is 5.56 Å². The minimum atomic E-state index is -0.0199. The van der Waals surface area contributed by atoms with Gasteiger partial charge in [0.15, 0.2) is 0 Å². The van der Waals surface area contributed by atoms with Crippen LogP contribution in [-0.2, 0) is 16.6 Å². The zero-order valence-corrected chi connectivity index (χ0v) is 16.5. The van der Waals surface area contributed by atoms with Crippen molar-refractivity contribution in [2.75, 3.05) is 57.3 Å². The van der Waals surface area contributed by atoms with E-state index < -0.39 is 0 Å². The van der Waals surface area contributed by atoms with Crippen molar-refractivity contribution in [2.45, 2.75) is 13.0 Å². The van der Waals surface area contributed by atoms with Gasteiger partial charge in [0, 0.05) is 65.5 Å². The van der Waals surface area contributed by atoms with E-state index in [-0.39, 0.29) is 17.6 Å². The number of fused-ring (bicyclic) bond motifs is 1. The number of ether oxygens (including phenoxy) is 1. The summed E-state index contributed by atoms with van der Waals surface area (Å²) in [6.45, 7) is 8.19. The summed E-state index contributed by atoms with van der Waals surface area (Å²) < 4.78 is 7.35. The first-order valence-electron chi connectivity index (χ1n) is 9.81. The predicted octanol–water partition coefficient (Wildman–Crippen LogP) is 0.303. The van der Waals surface area contributed by atoms with E-state index in [2.05, 4.69) is 14.8 Å². The summed E-state index contributed by atoms with van der Waals surface area (Å²) >= 11 is 0. The first-order valence-corrected chi connectivity index (χ1v) is 9.81. The molecule has 0 N–H and O–H groups in total. The molecule has 8 nitrogen and oxygen atoms in total. The Labute approximate surface area is 164 Å². The van der Waals surface area contributed by atoms with Crippen LogP contribution in [0.5, 0.6) is 0 Å². The van der Waals surface area contributed by atoms with Gasteiger partial charge in [-0.3, -0.25) is 14.5 Å². The lowest BCUT2D eigenvalue weighted by atomic mass is 10.2. The zero-order chi connectivity index (χ0) is 19.7. The summed E-state index contributed by atoms with van der Waals surface area (Å²) in [4.78, 5) is 34.8. The van der Waals surface area contributed by atoms with Crippen LogP contribution in [0.4, 0.5) is 5.69 Å². The third-order valence-electron chi connectivity index (χ3n) is 5.69. The molecule has 150 valence electrons. The van der Waals surface area contributed by atoms with E-state index in [1.807, 2.05) is 23.1 Å². The van der Waals surface area contributed by atoms with Gasteiger partial charge in [0.05, 0.1) is 29.9 Å². The van der Waals surface area contributed by atoms with Crippen molar-refractivity contribution in [3.8, 4) is 0 Å². The van der Waals surface area contributed by atoms with Crippen LogP contribution < -0.4 is 10.5 Å². The van der Waals surface area contributed by atoms with Gasteiger partial charge in [0.1, 0.15) is 0 Å². The molecule has 8 heteroatoms. The van der Waals surface area contributed by atoms with Crippen molar-refractivity contribution >= 4 is 22.5 Å². The number of benzene rings is 1. The first kappa shape index (κ1) is 18.9. The summed E-state index contributed by atoms with van der Waals surface area (Å²) in [5.41, 5.74) is 1.82. The van der Waals surface area contributed by atoms with Gasteiger partial charge in [-0.25, -0.2) is 4.98 Å². The Balaban J connectivity index is 1.36. The lowest BCUT2D eigenvalue weighted by Crippen LogP contribution is -2.53. The van der Waals surface area contributed by atoms with Gasteiger partial charge in [-0.1, -0.05) is 0 Å². The molecule has 2 aliphatic heterocycles. The van der Waals surface area contributed by atoms with E-state index in [0.717, 1.165) is 43.9 Å². The minimum absolute atomic E-state index is 0.0199. The zero-order valence-electron chi connectivity index (χ0n) is 16.5. The number of aromatic nitrogens is 2. The maximum atomic E-state index is 12.2. The number of carbonyl (C=O) groups is 1. The van der Waals surface area contributed by atoms with Crippen molar-refractivity contribution in [1.82, 2.24) is 19.4 Å². The smallest absolute Gasteiger partial charge is 0.260 e. The van der Waals surface area contributed by atoms with E-state index in [9.17, 15) is 9.59 Å². The Morgan fingerprint density at radius 2 is 2.00 bits per heavy atom. The number of amides is 1. The number of aryl methyl sites for hydroxylation is 1. The molecule has 3 heterocycles. The molecule has 2 aliphatic rings. The quantitative estimate of drug-likeness (QED) is 0.757. The molecule has 0 spiro atoms. The maximum Gasteiger partial charge on any atom is 0.260 e. The molecule has 2 fully saturated rings. The average Bonchev–Trinajstić information content (AvgIpc) is 2.71. The number of rotatable bonds is 3. The number of hydrogen-bond donors (Lipinski definition) is 0. The molecule has 28 heavy (non-hydrogen) atoms. The Morgan fingerprint density at radius 1 is 1.21 bits per heavy atom. The van der Waals surface area contributed by atoms with Gasteiger partial charge in [-0.15, -0.1) is 0 Å². The van der Waals surface area contributed by atoms with Crippen LogP contribution in [-0.4, -0.2) is 83.8 Å². The average molecular weight is 385 g/mol. The first-order chi connectivity index (χ1) is 13.5. The van der Waals surface area contributed by atoms with Crippen LogP contribution in [0.25, 0.3) is 10.9 Å². The Kier molecular flexibility index (Phi) is 5.32. The standard InChI is InChI=1S/C20H27N5O3/c1-15(26)25-9-10-28-17(13-25)12-23-5-7-24(8-6-23)16-3-4-18-19(11-16)21-14-22(2)20(18)27/h3-4,11,14,17H,5-10,12-13H2,1-2H3. The predicted molar refractivity (Wildman–Crippen MR) is 108 cm³/mol.